The van der Waals surface area contributed by atoms with Crippen molar-refractivity contribution in [2.45, 2.75) is 24.1 Å². The summed E-state index contributed by atoms with van der Waals surface area (Å²) in [6, 6.07) is 3.12. The number of rotatable bonds is 7. The van der Waals surface area contributed by atoms with Crippen LogP contribution in [0.2, 0.25) is 0 Å². The van der Waals surface area contributed by atoms with Gasteiger partial charge in [-0.15, -0.1) is 0 Å². The summed E-state index contributed by atoms with van der Waals surface area (Å²) >= 11 is 2.10. The second kappa shape index (κ2) is 8.86. The second-order valence-electron chi connectivity index (χ2n) is 6.30. The van der Waals surface area contributed by atoms with Gasteiger partial charge in [0.15, 0.2) is 17.3 Å². The highest BCUT2D eigenvalue weighted by Crippen LogP contribution is 2.39. The normalized spacial score (nSPS) is 17.4. The number of methoxy groups -OCH3 is 3. The van der Waals surface area contributed by atoms with Gasteiger partial charge >= 0.3 is 10.7 Å². The van der Waals surface area contributed by atoms with Gasteiger partial charge in [-0.2, -0.15) is 8.78 Å². The molecule has 1 amide bonds. The molecular weight excluding hydrogens is 428 g/mol. The lowest BCUT2D eigenvalue weighted by atomic mass is 9.90. The van der Waals surface area contributed by atoms with E-state index in [1.807, 2.05) is 0 Å². The van der Waals surface area contributed by atoms with E-state index in [4.69, 9.17) is 14.2 Å². The third-order valence-corrected chi connectivity index (χ3v) is 4.85. The topological polar surface area (TPSA) is 65.1 Å². The largest absolute Gasteiger partial charge is 0.493 e. The van der Waals surface area contributed by atoms with Gasteiger partial charge in [-0.05, 0) is 30.9 Å². The molecule has 1 heterocycles. The number of hydrogen-bond acceptors (Lipinski definition) is 5. The first-order valence-electron chi connectivity index (χ1n) is 8.40. The number of nitrogens with zero attached hydrogens (tertiary/aromatic N) is 1. The highest BCUT2D eigenvalue weighted by molar-refractivity contribution is 9.10. The van der Waals surface area contributed by atoms with E-state index < -0.39 is 10.7 Å². The fourth-order valence-corrected chi connectivity index (χ4v) is 3.47. The maximum atomic E-state index is 13.2. The molecule has 0 aromatic heterocycles. The fourth-order valence-electron chi connectivity index (χ4n) is 3.22. The highest BCUT2D eigenvalue weighted by atomic mass is 79.9. The standard InChI is InChI=1S/C18H22BrF2NO5/c1-25-14-8-12(9-15(26-2)16(14)27-3)13(23)7-11-5-4-6-22(10-11)17(24)18(19,20)21/h8-9,11H,4-7,10H2,1-3H3. The molecule has 0 bridgehead atoms. The van der Waals surface area contributed by atoms with E-state index in [0.717, 1.165) is 4.90 Å². The zero-order chi connectivity index (χ0) is 20.2. The molecule has 27 heavy (non-hydrogen) atoms. The Morgan fingerprint density at radius 2 is 1.78 bits per heavy atom. The molecule has 1 saturated heterocycles. The smallest absolute Gasteiger partial charge is 0.377 e. The number of benzene rings is 1. The summed E-state index contributed by atoms with van der Waals surface area (Å²) in [5, 5.41) is 0. The highest BCUT2D eigenvalue weighted by Gasteiger charge is 2.40. The maximum absolute atomic E-state index is 13.2. The van der Waals surface area contributed by atoms with Crippen molar-refractivity contribution in [2.24, 2.45) is 5.92 Å². The van der Waals surface area contributed by atoms with E-state index in [9.17, 15) is 18.4 Å². The molecule has 1 atom stereocenters. The van der Waals surface area contributed by atoms with Gasteiger partial charge in [-0.25, -0.2) is 0 Å². The molecule has 9 heteroatoms. The van der Waals surface area contributed by atoms with Gasteiger partial charge in [-0.1, -0.05) is 0 Å². The van der Waals surface area contributed by atoms with Gasteiger partial charge < -0.3 is 19.1 Å². The number of piperidine rings is 1. The minimum Gasteiger partial charge on any atom is -0.493 e. The molecule has 1 aliphatic rings. The molecule has 0 saturated carbocycles. The van der Waals surface area contributed by atoms with Crippen molar-refractivity contribution in [3.63, 3.8) is 0 Å². The number of alkyl halides is 3. The summed E-state index contributed by atoms with van der Waals surface area (Å²) in [6.07, 6.45) is 1.39. The van der Waals surface area contributed by atoms with E-state index >= 15 is 0 Å². The minimum absolute atomic E-state index is 0.121. The van der Waals surface area contributed by atoms with Crippen LogP contribution in [0.1, 0.15) is 29.6 Å². The van der Waals surface area contributed by atoms with Crippen LogP contribution in [-0.4, -0.2) is 55.8 Å². The van der Waals surface area contributed by atoms with Gasteiger partial charge in [0, 0.05) is 41.0 Å². The zero-order valence-corrected chi connectivity index (χ0v) is 17.0. The number of ketones is 1. The van der Waals surface area contributed by atoms with Crippen molar-refractivity contribution in [3.05, 3.63) is 17.7 Å². The van der Waals surface area contributed by atoms with Crippen molar-refractivity contribution < 1.29 is 32.6 Å². The maximum Gasteiger partial charge on any atom is 0.377 e. The molecule has 0 N–H and O–H groups in total. The Labute approximate surface area is 164 Å². The van der Waals surface area contributed by atoms with Crippen LogP contribution in [0.25, 0.3) is 0 Å². The average molecular weight is 450 g/mol. The lowest BCUT2D eigenvalue weighted by Gasteiger charge is -2.33. The van der Waals surface area contributed by atoms with E-state index in [1.165, 1.54) is 21.3 Å². The Bertz CT molecular complexity index is 682. The molecule has 1 aliphatic heterocycles. The average Bonchev–Trinajstić information content (AvgIpc) is 2.65. The van der Waals surface area contributed by atoms with Gasteiger partial charge in [0.25, 0.3) is 0 Å². The van der Waals surface area contributed by atoms with Crippen LogP contribution in [0.5, 0.6) is 17.2 Å². The number of Topliss-reactive ketones (excluding diaryl/α,β-unsaturated/α-hetero) is 1. The first-order chi connectivity index (χ1) is 12.7. The van der Waals surface area contributed by atoms with Crippen molar-refractivity contribution in [1.29, 1.82) is 0 Å². The number of hydrogen-bond donors (Lipinski definition) is 0. The lowest BCUT2D eigenvalue weighted by molar-refractivity contribution is -0.147. The van der Waals surface area contributed by atoms with Gasteiger partial charge in [0.1, 0.15) is 0 Å². The third kappa shape index (κ3) is 5.09. The van der Waals surface area contributed by atoms with Crippen LogP contribution in [0.15, 0.2) is 12.1 Å². The van der Waals surface area contributed by atoms with Crippen LogP contribution >= 0.6 is 15.9 Å². The van der Waals surface area contributed by atoms with E-state index in [0.29, 0.717) is 35.7 Å². The molecule has 0 aliphatic carbocycles. The summed E-state index contributed by atoms with van der Waals surface area (Å²) in [5.74, 6) is -0.541. The Balaban J connectivity index is 2.14. The molecule has 150 valence electrons. The predicted octanol–water partition coefficient (Wildman–Crippen LogP) is 3.51. The molecular formula is C18H22BrF2NO5. The SMILES string of the molecule is COc1cc(C(=O)CC2CCCN(C(=O)C(F)(F)Br)C2)cc(OC)c1OC. The first-order valence-corrected chi connectivity index (χ1v) is 9.19. The van der Waals surface area contributed by atoms with Crippen LogP contribution in [0.3, 0.4) is 0 Å². The Hall–Kier alpha value is -1.90. The summed E-state index contributed by atoms with van der Waals surface area (Å²) < 4.78 is 42.2. The quantitative estimate of drug-likeness (QED) is 0.470. The molecule has 0 radical (unpaired) electrons. The molecule has 6 nitrogen and oxygen atoms in total. The third-order valence-electron chi connectivity index (χ3n) is 4.51. The number of carbonyl (C=O) groups excluding carboxylic acids is 2. The molecule has 2 rings (SSSR count). The lowest BCUT2D eigenvalue weighted by Crippen LogP contribution is -2.46. The predicted molar refractivity (Wildman–Crippen MR) is 98.2 cm³/mol. The van der Waals surface area contributed by atoms with Crippen LogP contribution in [0.4, 0.5) is 8.78 Å². The molecule has 1 aromatic carbocycles. The van der Waals surface area contributed by atoms with Crippen LogP contribution in [-0.2, 0) is 4.79 Å². The Morgan fingerprint density at radius 1 is 1.19 bits per heavy atom. The number of ether oxygens (including phenoxy) is 3. The summed E-state index contributed by atoms with van der Waals surface area (Å²) in [7, 11) is 4.38. The van der Waals surface area contributed by atoms with Crippen LogP contribution < -0.4 is 14.2 Å². The Morgan fingerprint density at radius 3 is 2.26 bits per heavy atom. The monoisotopic (exact) mass is 449 g/mol. The number of likely N-dealkylation sites (tertiary alicyclic amines) is 1. The van der Waals surface area contributed by atoms with Gasteiger partial charge in [0.2, 0.25) is 5.75 Å². The van der Waals surface area contributed by atoms with Crippen molar-refractivity contribution >= 4 is 27.6 Å². The zero-order valence-electron chi connectivity index (χ0n) is 15.4. The second-order valence-corrected chi connectivity index (χ2v) is 7.29. The number of amides is 1. The van der Waals surface area contributed by atoms with Crippen molar-refractivity contribution in [3.8, 4) is 17.2 Å². The van der Waals surface area contributed by atoms with Crippen molar-refractivity contribution in [1.82, 2.24) is 4.90 Å². The number of carbonyl (C=O) groups is 2. The van der Waals surface area contributed by atoms with Crippen LogP contribution in [0, 0.1) is 5.92 Å². The summed E-state index contributed by atoms with van der Waals surface area (Å²) in [6.45, 7) is 0.380. The summed E-state index contributed by atoms with van der Waals surface area (Å²) in [4.78, 5) is 22.0. The van der Waals surface area contributed by atoms with Gasteiger partial charge in [-0.3, -0.25) is 9.59 Å². The van der Waals surface area contributed by atoms with E-state index in [2.05, 4.69) is 15.9 Å². The van der Waals surface area contributed by atoms with Crippen molar-refractivity contribution in [2.75, 3.05) is 34.4 Å². The molecule has 1 aromatic rings. The Kier molecular flexibility index (Phi) is 7.02. The first kappa shape index (κ1) is 21.4. The van der Waals surface area contributed by atoms with E-state index in [1.54, 1.807) is 12.1 Å². The summed E-state index contributed by atoms with van der Waals surface area (Å²) in [5.41, 5.74) is 0.374. The minimum atomic E-state index is -3.59. The van der Waals surface area contributed by atoms with E-state index in [-0.39, 0.29) is 31.2 Å². The fraction of sp³-hybridized carbons (Fsp3) is 0.556. The molecule has 0 spiro atoms. The molecule has 1 fully saturated rings. The molecule has 1 unspecified atom stereocenters. The van der Waals surface area contributed by atoms with Gasteiger partial charge in [0.05, 0.1) is 21.3 Å². The number of halogens is 3.